The molecule has 0 aliphatic heterocycles. The molecular formula is C23H35N3O7. The molecule has 33 heavy (non-hydrogen) atoms. The van der Waals surface area contributed by atoms with E-state index >= 15 is 0 Å². The summed E-state index contributed by atoms with van der Waals surface area (Å²) >= 11 is 0. The van der Waals surface area contributed by atoms with E-state index < -0.39 is 35.5 Å². The van der Waals surface area contributed by atoms with Crippen LogP contribution >= 0.6 is 0 Å². The lowest BCUT2D eigenvalue weighted by molar-refractivity contribution is -0.143. The van der Waals surface area contributed by atoms with E-state index in [1.54, 1.807) is 53.7 Å². The minimum absolute atomic E-state index is 0.0127. The van der Waals surface area contributed by atoms with Gasteiger partial charge in [0.25, 0.3) is 0 Å². The Morgan fingerprint density at radius 1 is 1.12 bits per heavy atom. The summed E-state index contributed by atoms with van der Waals surface area (Å²) in [5.41, 5.74) is 0.293. The molecule has 0 fully saturated rings. The molecule has 0 saturated heterocycles. The van der Waals surface area contributed by atoms with E-state index in [9.17, 15) is 24.3 Å². The van der Waals surface area contributed by atoms with Crippen LogP contribution in [0.3, 0.4) is 0 Å². The molecule has 0 aliphatic carbocycles. The van der Waals surface area contributed by atoms with Crippen molar-refractivity contribution in [3.63, 3.8) is 0 Å². The normalized spacial score (nSPS) is 11.8. The van der Waals surface area contributed by atoms with Gasteiger partial charge in [-0.15, -0.1) is 0 Å². The average Bonchev–Trinajstić information content (AvgIpc) is 2.71. The third-order valence-electron chi connectivity index (χ3n) is 4.47. The van der Waals surface area contributed by atoms with E-state index in [0.717, 1.165) is 0 Å². The van der Waals surface area contributed by atoms with Crippen LogP contribution in [0, 0.1) is 6.92 Å². The summed E-state index contributed by atoms with van der Waals surface area (Å²) in [6.45, 7) is 10.3. The maximum absolute atomic E-state index is 13.1. The minimum Gasteiger partial charge on any atom is -0.508 e. The molecule has 1 rings (SSSR count). The number of phenolic OH excluding ortho intramolecular Hbond substituents is 1. The van der Waals surface area contributed by atoms with Gasteiger partial charge >= 0.3 is 12.1 Å². The van der Waals surface area contributed by atoms with Crippen LogP contribution in [0.15, 0.2) is 18.2 Å². The standard InChI is InChI=1S/C23H35N3O7/c1-7-26(18(28)14-25-22(31)33-23(4,5)6)20(16-9-10-17(27)15(3)13-16)21(30)24-12-11-19(29)32-8-2/h9-10,13,20,27H,7-8,11-12,14H2,1-6H3,(H,24,30)(H,25,31). The van der Waals surface area contributed by atoms with Gasteiger partial charge in [-0.25, -0.2) is 4.79 Å². The van der Waals surface area contributed by atoms with Crippen molar-refractivity contribution in [1.29, 1.82) is 0 Å². The molecule has 0 radical (unpaired) electrons. The summed E-state index contributed by atoms with van der Waals surface area (Å²) in [5, 5.41) is 14.9. The number of benzene rings is 1. The second kappa shape index (κ2) is 12.7. The highest BCUT2D eigenvalue weighted by atomic mass is 16.6. The van der Waals surface area contributed by atoms with Crippen molar-refractivity contribution < 1.29 is 33.8 Å². The van der Waals surface area contributed by atoms with E-state index in [1.165, 1.54) is 11.0 Å². The lowest BCUT2D eigenvalue weighted by Gasteiger charge is -2.31. The molecule has 3 amide bonds. The summed E-state index contributed by atoms with van der Waals surface area (Å²) in [7, 11) is 0. The maximum Gasteiger partial charge on any atom is 0.408 e. The highest BCUT2D eigenvalue weighted by molar-refractivity contribution is 5.90. The fourth-order valence-electron chi connectivity index (χ4n) is 3.01. The van der Waals surface area contributed by atoms with Crippen molar-refractivity contribution in [2.45, 2.75) is 59.6 Å². The predicted octanol–water partition coefficient (Wildman–Crippen LogP) is 2.18. The fourth-order valence-corrected chi connectivity index (χ4v) is 3.01. The van der Waals surface area contributed by atoms with Crippen molar-refractivity contribution in [2.24, 2.45) is 0 Å². The summed E-state index contributed by atoms with van der Waals surface area (Å²) in [6, 6.07) is 3.57. The highest BCUT2D eigenvalue weighted by Gasteiger charge is 2.31. The van der Waals surface area contributed by atoms with Gasteiger partial charge in [-0.05, 0) is 64.8 Å². The maximum atomic E-state index is 13.1. The van der Waals surface area contributed by atoms with Crippen molar-refractivity contribution in [1.82, 2.24) is 15.5 Å². The number of nitrogens with zero attached hydrogens (tertiary/aromatic N) is 1. The van der Waals surface area contributed by atoms with Gasteiger partial charge in [0.1, 0.15) is 23.9 Å². The van der Waals surface area contributed by atoms with Crippen molar-refractivity contribution in [3.05, 3.63) is 29.3 Å². The van der Waals surface area contributed by atoms with E-state index in [2.05, 4.69) is 10.6 Å². The van der Waals surface area contributed by atoms with Gasteiger partial charge in [-0.3, -0.25) is 14.4 Å². The Labute approximate surface area is 194 Å². The molecular weight excluding hydrogens is 430 g/mol. The molecule has 1 atom stereocenters. The van der Waals surface area contributed by atoms with Crippen molar-refractivity contribution >= 4 is 23.9 Å². The zero-order valence-electron chi connectivity index (χ0n) is 20.2. The summed E-state index contributed by atoms with van der Waals surface area (Å²) < 4.78 is 10.0. The number of rotatable bonds is 10. The van der Waals surface area contributed by atoms with Crippen LogP contribution in [0.1, 0.15) is 58.2 Å². The van der Waals surface area contributed by atoms with E-state index in [0.29, 0.717) is 11.1 Å². The Balaban J connectivity index is 3.04. The van der Waals surface area contributed by atoms with Gasteiger partial charge < -0.3 is 30.1 Å². The molecule has 10 nitrogen and oxygen atoms in total. The second-order valence-electron chi connectivity index (χ2n) is 8.33. The monoisotopic (exact) mass is 465 g/mol. The molecule has 0 bridgehead atoms. The number of nitrogens with one attached hydrogen (secondary N) is 2. The van der Waals surface area contributed by atoms with Crippen molar-refractivity contribution in [3.8, 4) is 5.75 Å². The Morgan fingerprint density at radius 3 is 2.33 bits per heavy atom. The molecule has 0 aromatic heterocycles. The predicted molar refractivity (Wildman–Crippen MR) is 121 cm³/mol. The first-order chi connectivity index (χ1) is 15.4. The number of aryl methyl sites for hydroxylation is 1. The average molecular weight is 466 g/mol. The zero-order chi connectivity index (χ0) is 25.2. The first kappa shape index (κ1) is 27.7. The van der Waals surface area contributed by atoms with Gasteiger partial charge in [0.05, 0.1) is 13.0 Å². The van der Waals surface area contributed by atoms with Gasteiger partial charge in [0, 0.05) is 13.1 Å². The van der Waals surface area contributed by atoms with Crippen LogP contribution in [-0.4, -0.2) is 65.7 Å². The molecule has 1 aromatic rings. The van der Waals surface area contributed by atoms with Crippen LogP contribution in [-0.2, 0) is 23.9 Å². The smallest absolute Gasteiger partial charge is 0.408 e. The number of hydrogen-bond acceptors (Lipinski definition) is 7. The zero-order valence-corrected chi connectivity index (χ0v) is 20.2. The SMILES string of the molecule is CCOC(=O)CCNC(=O)C(c1ccc(O)c(C)c1)N(CC)C(=O)CNC(=O)OC(C)(C)C. The largest absolute Gasteiger partial charge is 0.508 e. The molecule has 184 valence electrons. The van der Waals surface area contributed by atoms with Gasteiger partial charge in [0.2, 0.25) is 11.8 Å². The van der Waals surface area contributed by atoms with Crippen LogP contribution in [0.5, 0.6) is 5.75 Å². The molecule has 0 saturated carbocycles. The molecule has 1 unspecified atom stereocenters. The number of ether oxygens (including phenoxy) is 2. The van der Waals surface area contributed by atoms with Crippen LogP contribution in [0.2, 0.25) is 0 Å². The van der Waals surface area contributed by atoms with E-state index in [4.69, 9.17) is 9.47 Å². The highest BCUT2D eigenvalue weighted by Crippen LogP contribution is 2.26. The van der Waals surface area contributed by atoms with Gasteiger partial charge in [0.15, 0.2) is 0 Å². The number of amides is 3. The lowest BCUT2D eigenvalue weighted by atomic mass is 10.0. The van der Waals surface area contributed by atoms with E-state index in [1.807, 2.05) is 0 Å². The molecule has 3 N–H and O–H groups in total. The number of aromatic hydroxyl groups is 1. The number of hydrogen-bond donors (Lipinski definition) is 3. The van der Waals surface area contributed by atoms with Gasteiger partial charge in [-0.1, -0.05) is 6.07 Å². The Kier molecular flexibility index (Phi) is 10.6. The Bertz CT molecular complexity index is 849. The number of phenols is 1. The Hall–Kier alpha value is -3.30. The summed E-state index contributed by atoms with van der Waals surface area (Å²) in [6.07, 6.45) is -0.760. The number of alkyl carbamates (subject to hydrolysis) is 1. The number of likely N-dealkylation sites (N-methyl/N-ethyl adjacent to an activating group) is 1. The second-order valence-corrected chi connectivity index (χ2v) is 8.33. The van der Waals surface area contributed by atoms with Gasteiger partial charge in [-0.2, -0.15) is 0 Å². The topological polar surface area (TPSA) is 134 Å². The fraction of sp³-hybridized carbons (Fsp3) is 0.565. The van der Waals surface area contributed by atoms with Crippen LogP contribution in [0.4, 0.5) is 4.79 Å². The lowest BCUT2D eigenvalue weighted by Crippen LogP contribution is -2.48. The van der Waals surface area contributed by atoms with E-state index in [-0.39, 0.29) is 38.4 Å². The first-order valence-electron chi connectivity index (χ1n) is 10.9. The molecule has 1 aromatic carbocycles. The van der Waals surface area contributed by atoms with Crippen molar-refractivity contribution in [2.75, 3.05) is 26.2 Å². The van der Waals surface area contributed by atoms with Crippen LogP contribution in [0.25, 0.3) is 0 Å². The first-order valence-corrected chi connectivity index (χ1v) is 10.9. The van der Waals surface area contributed by atoms with Crippen LogP contribution < -0.4 is 10.6 Å². The quantitative estimate of drug-likeness (QED) is 0.451. The number of carbonyl (C=O) groups is 4. The minimum atomic E-state index is -1.04. The molecule has 0 spiro atoms. The summed E-state index contributed by atoms with van der Waals surface area (Å²) in [5.74, 6) is -1.39. The number of carbonyl (C=O) groups excluding carboxylic acids is 4. The molecule has 0 aliphatic rings. The third-order valence-corrected chi connectivity index (χ3v) is 4.47. The molecule has 0 heterocycles. The molecule has 10 heteroatoms. The third kappa shape index (κ3) is 9.38. The summed E-state index contributed by atoms with van der Waals surface area (Å²) in [4.78, 5) is 50.8. The number of esters is 1. The Morgan fingerprint density at radius 2 is 1.79 bits per heavy atom.